The van der Waals surface area contributed by atoms with Gasteiger partial charge in [-0.25, -0.2) is 0 Å². The molecule has 0 spiro atoms. The van der Waals surface area contributed by atoms with Crippen molar-refractivity contribution < 1.29 is 0 Å². The van der Waals surface area contributed by atoms with Crippen LogP contribution < -0.4 is 0 Å². The van der Waals surface area contributed by atoms with Crippen molar-refractivity contribution in [2.45, 2.75) is 74.7 Å². The highest BCUT2D eigenvalue weighted by Gasteiger charge is 2.11. The molecule has 25 heavy (non-hydrogen) atoms. The van der Waals surface area contributed by atoms with Crippen molar-refractivity contribution >= 4 is 5.57 Å². The van der Waals surface area contributed by atoms with E-state index >= 15 is 0 Å². The van der Waals surface area contributed by atoms with Gasteiger partial charge >= 0.3 is 0 Å². The highest BCUT2D eigenvalue weighted by atomic mass is 14.2. The van der Waals surface area contributed by atoms with Gasteiger partial charge in [0, 0.05) is 0 Å². The number of hydrogen-bond acceptors (Lipinski definition) is 0. The number of hydrogen-bond donors (Lipinski definition) is 0. The van der Waals surface area contributed by atoms with Crippen LogP contribution in [-0.4, -0.2) is 0 Å². The molecule has 0 saturated heterocycles. The number of benzene rings is 1. The van der Waals surface area contributed by atoms with Gasteiger partial charge in [-0.1, -0.05) is 115 Å². The van der Waals surface area contributed by atoms with E-state index in [1.54, 1.807) is 0 Å². The van der Waals surface area contributed by atoms with Crippen molar-refractivity contribution in [1.29, 1.82) is 0 Å². The van der Waals surface area contributed by atoms with Gasteiger partial charge in [-0.2, -0.15) is 0 Å². The van der Waals surface area contributed by atoms with Gasteiger partial charge in [0.15, 0.2) is 0 Å². The predicted molar refractivity (Wildman–Crippen MR) is 119 cm³/mol. The summed E-state index contributed by atoms with van der Waals surface area (Å²) >= 11 is 0. The van der Waals surface area contributed by atoms with E-state index < -0.39 is 0 Å². The number of fused-ring (bicyclic) bond motifs is 1. The maximum Gasteiger partial charge on any atom is -0.00821 e. The number of rotatable bonds is 3. The Labute approximate surface area is 158 Å². The zero-order chi connectivity index (χ0) is 19.7. The first-order chi connectivity index (χ1) is 12.1. The van der Waals surface area contributed by atoms with Crippen LogP contribution in [0, 0.1) is 6.92 Å². The molecule has 0 heteroatoms. The smallest absolute Gasteiger partial charge is 0.00821 e. The molecule has 0 N–H and O–H groups in total. The second kappa shape index (κ2) is 17.0. The summed E-state index contributed by atoms with van der Waals surface area (Å²) in [5.41, 5.74) is 6.61. The zero-order valence-corrected chi connectivity index (χ0v) is 17.9. The van der Waals surface area contributed by atoms with E-state index in [-0.39, 0.29) is 0 Å². The van der Waals surface area contributed by atoms with E-state index in [0.717, 1.165) is 12.0 Å². The Bertz CT molecular complexity index is 551. The molecule has 1 aromatic carbocycles. The van der Waals surface area contributed by atoms with Crippen LogP contribution in [0.15, 0.2) is 60.7 Å². The molecule has 0 radical (unpaired) electrons. The lowest BCUT2D eigenvalue weighted by Gasteiger charge is -2.03. The third kappa shape index (κ3) is 10.6. The molecule has 0 nitrogen and oxygen atoms in total. The van der Waals surface area contributed by atoms with Crippen molar-refractivity contribution in [3.63, 3.8) is 0 Å². The Kier molecular flexibility index (Phi) is 17.3. The minimum Gasteiger partial charge on any atom is -0.0985 e. The third-order valence-corrected chi connectivity index (χ3v) is 3.14. The Hall–Kier alpha value is -1.82. The fraction of sp³-hybridized carbons (Fsp3) is 0.440. The van der Waals surface area contributed by atoms with Gasteiger partial charge in [-0.15, -0.1) is 0 Å². The maximum absolute atomic E-state index is 3.80. The van der Waals surface area contributed by atoms with Gasteiger partial charge in [-0.3, -0.25) is 0 Å². The Balaban J connectivity index is 0. The van der Waals surface area contributed by atoms with Gasteiger partial charge in [0.1, 0.15) is 0 Å². The van der Waals surface area contributed by atoms with E-state index in [9.17, 15) is 0 Å². The van der Waals surface area contributed by atoms with Crippen molar-refractivity contribution in [2.24, 2.45) is 0 Å². The van der Waals surface area contributed by atoms with E-state index in [1.165, 1.54) is 35.1 Å². The normalized spacial score (nSPS) is 11.8. The van der Waals surface area contributed by atoms with Crippen LogP contribution in [-0.2, 0) is 6.42 Å². The van der Waals surface area contributed by atoms with E-state index in [0.29, 0.717) is 0 Å². The average molecular weight is 341 g/mol. The highest BCUT2D eigenvalue weighted by Crippen LogP contribution is 2.29. The Morgan fingerprint density at radius 2 is 1.64 bits per heavy atom. The molecule has 0 amide bonds. The second-order valence-corrected chi connectivity index (χ2v) is 5.76. The van der Waals surface area contributed by atoms with Crippen molar-refractivity contribution in [3.8, 4) is 0 Å². The van der Waals surface area contributed by atoms with E-state index in [4.69, 9.17) is 0 Å². The molecule has 1 aliphatic rings. The fourth-order valence-corrected chi connectivity index (χ4v) is 2.09. The van der Waals surface area contributed by atoms with Gasteiger partial charge in [0.25, 0.3) is 0 Å². The molecular formula is C25H40. The summed E-state index contributed by atoms with van der Waals surface area (Å²) < 4.78 is 0. The Morgan fingerprint density at radius 3 is 2.12 bits per heavy atom. The molecule has 140 valence electrons. The molecule has 0 bridgehead atoms. The maximum atomic E-state index is 3.80. The summed E-state index contributed by atoms with van der Waals surface area (Å²) in [5, 5.41) is 0. The van der Waals surface area contributed by atoms with E-state index in [1.807, 2.05) is 26.8 Å². The summed E-state index contributed by atoms with van der Waals surface area (Å²) in [6.45, 7) is 20.5. The van der Waals surface area contributed by atoms with Crippen molar-refractivity contribution in [2.75, 3.05) is 0 Å². The second-order valence-electron chi connectivity index (χ2n) is 5.76. The van der Waals surface area contributed by atoms with Crippen LogP contribution in [0.2, 0.25) is 0 Å². The van der Waals surface area contributed by atoms with Crippen LogP contribution in [0.1, 0.15) is 78.0 Å². The average Bonchev–Trinajstić information content (AvgIpc) is 3.01. The van der Waals surface area contributed by atoms with Gasteiger partial charge in [0.2, 0.25) is 0 Å². The number of allylic oxidation sites excluding steroid dienone is 7. The van der Waals surface area contributed by atoms with Crippen LogP contribution in [0.25, 0.3) is 5.57 Å². The first kappa shape index (κ1) is 25.4. The summed E-state index contributed by atoms with van der Waals surface area (Å²) in [6.07, 6.45) is 14.1. The highest BCUT2D eigenvalue weighted by molar-refractivity contribution is 5.80. The third-order valence-electron chi connectivity index (χ3n) is 3.14. The standard InChI is InChI=1S/C17H18.2C3H8.C2H6/c1-4-14(5-2)7-9-16-11-10-15-8-6-13(3)12-17(15)16;2*1-3-2;1-2/h4-9,11-12H,1,10H2,2-3H3;2*3H2,1-2H3;1-2H3/b9-7+,14-5+;;;. The number of aryl methyl sites for hydroxylation is 1. The fourth-order valence-electron chi connectivity index (χ4n) is 2.09. The van der Waals surface area contributed by atoms with Gasteiger partial charge in [-0.05, 0) is 42.5 Å². The zero-order valence-electron chi connectivity index (χ0n) is 17.9. The summed E-state index contributed by atoms with van der Waals surface area (Å²) in [6, 6.07) is 6.67. The molecule has 0 aromatic heterocycles. The van der Waals surface area contributed by atoms with Crippen molar-refractivity contribution in [3.05, 3.63) is 77.4 Å². The summed E-state index contributed by atoms with van der Waals surface area (Å²) in [7, 11) is 0. The lowest BCUT2D eigenvalue weighted by molar-refractivity contribution is 1.09. The van der Waals surface area contributed by atoms with Crippen molar-refractivity contribution in [1.82, 2.24) is 0 Å². The van der Waals surface area contributed by atoms with Crippen LogP contribution in [0.3, 0.4) is 0 Å². The first-order valence-electron chi connectivity index (χ1n) is 9.84. The quantitative estimate of drug-likeness (QED) is 0.484. The van der Waals surface area contributed by atoms with Crippen LogP contribution in [0.5, 0.6) is 0 Å². The SMILES string of the molecule is C=CC(/C=C/C1=CCc2ccc(C)cc21)=C\C.CC.CCC.CCC. The molecule has 0 fully saturated rings. The lowest BCUT2D eigenvalue weighted by atomic mass is 10.0. The molecule has 1 aromatic rings. The molecule has 0 heterocycles. The van der Waals surface area contributed by atoms with E-state index in [2.05, 4.69) is 83.7 Å². The Morgan fingerprint density at radius 1 is 1.08 bits per heavy atom. The van der Waals surface area contributed by atoms with Crippen LogP contribution in [0.4, 0.5) is 0 Å². The monoisotopic (exact) mass is 340 g/mol. The molecule has 0 unspecified atom stereocenters. The minimum atomic E-state index is 1.05. The van der Waals surface area contributed by atoms with Gasteiger partial charge in [0.05, 0.1) is 0 Å². The molecule has 2 rings (SSSR count). The van der Waals surface area contributed by atoms with Crippen LogP contribution >= 0.6 is 0 Å². The largest absolute Gasteiger partial charge is 0.0985 e. The molecule has 1 aliphatic carbocycles. The molecule has 0 saturated carbocycles. The topological polar surface area (TPSA) is 0 Å². The minimum absolute atomic E-state index is 1.05. The summed E-state index contributed by atoms with van der Waals surface area (Å²) in [4.78, 5) is 0. The molecule has 0 atom stereocenters. The first-order valence-corrected chi connectivity index (χ1v) is 9.84. The van der Waals surface area contributed by atoms with Gasteiger partial charge < -0.3 is 0 Å². The molecule has 0 aliphatic heterocycles. The lowest BCUT2D eigenvalue weighted by Crippen LogP contribution is -1.84. The summed E-state index contributed by atoms with van der Waals surface area (Å²) in [5.74, 6) is 0. The molecular weight excluding hydrogens is 300 g/mol. The predicted octanol–water partition coefficient (Wildman–Crippen LogP) is 8.48.